The van der Waals surface area contributed by atoms with Crippen molar-refractivity contribution in [1.29, 1.82) is 0 Å². The van der Waals surface area contributed by atoms with E-state index in [9.17, 15) is 0 Å². The van der Waals surface area contributed by atoms with Gasteiger partial charge in [-0.1, -0.05) is 18.2 Å². The number of fused-ring (bicyclic) bond motifs is 1. The Labute approximate surface area is 108 Å². The van der Waals surface area contributed by atoms with Gasteiger partial charge in [-0.15, -0.1) is 0 Å². The highest BCUT2D eigenvalue weighted by Gasteiger charge is 2.46. The number of para-hydroxylation sites is 1. The molecule has 2 N–H and O–H groups in total. The highest BCUT2D eigenvalue weighted by atomic mass is 15.3. The van der Waals surface area contributed by atoms with Crippen LogP contribution in [0.3, 0.4) is 0 Å². The van der Waals surface area contributed by atoms with Gasteiger partial charge in [0.1, 0.15) is 0 Å². The Hall–Kier alpha value is -1.35. The molecule has 2 aromatic rings. The number of hydrogen-bond donors (Lipinski definition) is 1. The monoisotopic (exact) mass is 243 g/mol. The van der Waals surface area contributed by atoms with Crippen LogP contribution in [-0.4, -0.2) is 15.8 Å². The standard InChI is InChI=1S/C15H21N3/c1-3-18-14-7-5-4-6-12(14)13(17-18)10-15(8-9-15)11(2)16/h4-7,11H,3,8-10,16H2,1-2H3. The number of aryl methyl sites for hydroxylation is 1. The Balaban J connectivity index is 2.02. The first-order chi connectivity index (χ1) is 8.66. The van der Waals surface area contributed by atoms with Crippen LogP contribution in [0.25, 0.3) is 10.9 Å². The predicted octanol–water partition coefficient (Wildman–Crippen LogP) is 2.73. The normalized spacial score (nSPS) is 19.1. The number of nitrogens with zero attached hydrogens (tertiary/aromatic N) is 2. The number of nitrogens with two attached hydrogens (primary N) is 1. The molecule has 1 aromatic carbocycles. The van der Waals surface area contributed by atoms with Gasteiger partial charge in [-0.25, -0.2) is 0 Å². The molecule has 0 aliphatic heterocycles. The first kappa shape index (κ1) is 11.7. The van der Waals surface area contributed by atoms with E-state index in [2.05, 4.69) is 42.8 Å². The molecule has 0 amide bonds. The maximum Gasteiger partial charge on any atom is 0.0709 e. The molecule has 1 saturated carbocycles. The molecule has 18 heavy (non-hydrogen) atoms. The Morgan fingerprint density at radius 3 is 2.72 bits per heavy atom. The lowest BCUT2D eigenvalue weighted by Gasteiger charge is -2.18. The molecular formula is C15H21N3. The highest BCUT2D eigenvalue weighted by molar-refractivity contribution is 5.82. The maximum atomic E-state index is 6.13. The molecule has 1 fully saturated rings. The third-order valence-corrected chi connectivity index (χ3v) is 4.41. The summed E-state index contributed by atoms with van der Waals surface area (Å²) in [5, 5.41) is 6.07. The van der Waals surface area contributed by atoms with Crippen LogP contribution in [0.4, 0.5) is 0 Å². The topological polar surface area (TPSA) is 43.8 Å². The Kier molecular flexibility index (Phi) is 2.67. The molecule has 0 saturated heterocycles. The van der Waals surface area contributed by atoms with E-state index >= 15 is 0 Å². The summed E-state index contributed by atoms with van der Waals surface area (Å²) in [5.41, 5.74) is 8.91. The van der Waals surface area contributed by atoms with E-state index in [1.807, 2.05) is 0 Å². The average molecular weight is 243 g/mol. The van der Waals surface area contributed by atoms with E-state index in [1.165, 1.54) is 29.4 Å². The molecule has 1 aliphatic rings. The summed E-state index contributed by atoms with van der Waals surface area (Å²) < 4.78 is 2.10. The molecule has 3 heteroatoms. The van der Waals surface area contributed by atoms with Crippen molar-refractivity contribution in [3.05, 3.63) is 30.0 Å². The van der Waals surface area contributed by atoms with Gasteiger partial charge in [-0.3, -0.25) is 4.68 Å². The van der Waals surface area contributed by atoms with Gasteiger partial charge >= 0.3 is 0 Å². The van der Waals surface area contributed by atoms with Crippen LogP contribution in [0.15, 0.2) is 24.3 Å². The fourth-order valence-corrected chi connectivity index (χ4v) is 2.85. The van der Waals surface area contributed by atoms with Gasteiger partial charge in [0.05, 0.1) is 11.2 Å². The van der Waals surface area contributed by atoms with Gasteiger partial charge < -0.3 is 5.73 Å². The van der Waals surface area contributed by atoms with Gasteiger partial charge in [0.15, 0.2) is 0 Å². The summed E-state index contributed by atoms with van der Waals surface area (Å²) in [6, 6.07) is 8.78. The molecule has 0 radical (unpaired) electrons. The number of rotatable bonds is 4. The largest absolute Gasteiger partial charge is 0.327 e. The fourth-order valence-electron chi connectivity index (χ4n) is 2.85. The number of aromatic nitrogens is 2. The van der Waals surface area contributed by atoms with Crippen molar-refractivity contribution < 1.29 is 0 Å². The lowest BCUT2D eigenvalue weighted by molar-refractivity contribution is 0.413. The van der Waals surface area contributed by atoms with E-state index in [4.69, 9.17) is 10.8 Å². The first-order valence-corrected chi connectivity index (χ1v) is 6.86. The molecule has 3 nitrogen and oxygen atoms in total. The van der Waals surface area contributed by atoms with E-state index < -0.39 is 0 Å². The second-order valence-corrected chi connectivity index (χ2v) is 5.61. The van der Waals surface area contributed by atoms with E-state index in [0.29, 0.717) is 5.41 Å². The van der Waals surface area contributed by atoms with Crippen molar-refractivity contribution in [2.75, 3.05) is 0 Å². The second-order valence-electron chi connectivity index (χ2n) is 5.61. The lowest BCUT2D eigenvalue weighted by Crippen LogP contribution is -2.30. The molecule has 0 bridgehead atoms. The molecule has 1 aromatic heterocycles. The minimum Gasteiger partial charge on any atom is -0.327 e. The minimum absolute atomic E-state index is 0.267. The van der Waals surface area contributed by atoms with Crippen molar-refractivity contribution >= 4 is 10.9 Å². The summed E-state index contributed by atoms with van der Waals surface area (Å²) >= 11 is 0. The zero-order valence-electron chi connectivity index (χ0n) is 11.2. The Morgan fingerprint density at radius 1 is 1.39 bits per heavy atom. The number of hydrogen-bond acceptors (Lipinski definition) is 2. The zero-order valence-corrected chi connectivity index (χ0v) is 11.2. The third-order valence-electron chi connectivity index (χ3n) is 4.41. The smallest absolute Gasteiger partial charge is 0.0709 e. The van der Waals surface area contributed by atoms with Crippen molar-refractivity contribution in [2.24, 2.45) is 11.1 Å². The van der Waals surface area contributed by atoms with Gasteiger partial charge in [0.2, 0.25) is 0 Å². The quantitative estimate of drug-likeness (QED) is 0.897. The molecule has 3 rings (SSSR count). The van der Waals surface area contributed by atoms with Crippen LogP contribution in [0.5, 0.6) is 0 Å². The maximum absolute atomic E-state index is 6.13. The lowest BCUT2D eigenvalue weighted by atomic mass is 9.92. The average Bonchev–Trinajstić information content (AvgIpc) is 3.07. The first-order valence-electron chi connectivity index (χ1n) is 6.86. The second kappa shape index (κ2) is 4.09. The summed E-state index contributed by atoms with van der Waals surface area (Å²) in [4.78, 5) is 0. The van der Waals surface area contributed by atoms with Gasteiger partial charge in [-0.05, 0) is 44.6 Å². The van der Waals surface area contributed by atoms with E-state index in [0.717, 1.165) is 13.0 Å². The summed E-state index contributed by atoms with van der Waals surface area (Å²) in [5.74, 6) is 0. The van der Waals surface area contributed by atoms with E-state index in [-0.39, 0.29) is 6.04 Å². The fraction of sp³-hybridized carbons (Fsp3) is 0.533. The third kappa shape index (κ3) is 1.74. The van der Waals surface area contributed by atoms with Gasteiger partial charge in [-0.2, -0.15) is 5.10 Å². The summed E-state index contributed by atoms with van der Waals surface area (Å²) in [6.45, 7) is 5.19. The SMILES string of the molecule is CCn1nc(CC2(C(C)N)CC2)c2ccccc21. The molecule has 1 unspecified atom stereocenters. The molecule has 1 heterocycles. The van der Waals surface area contributed by atoms with Crippen molar-refractivity contribution in [2.45, 2.75) is 45.7 Å². The molecule has 96 valence electrons. The molecular weight excluding hydrogens is 222 g/mol. The minimum atomic E-state index is 0.267. The van der Waals surface area contributed by atoms with Crippen LogP contribution in [0.2, 0.25) is 0 Å². The zero-order chi connectivity index (χ0) is 12.8. The highest BCUT2D eigenvalue weighted by Crippen LogP contribution is 2.50. The number of benzene rings is 1. The summed E-state index contributed by atoms with van der Waals surface area (Å²) in [7, 11) is 0. The molecule has 0 spiro atoms. The van der Waals surface area contributed by atoms with Gasteiger partial charge in [0.25, 0.3) is 0 Å². The van der Waals surface area contributed by atoms with Crippen LogP contribution in [-0.2, 0) is 13.0 Å². The van der Waals surface area contributed by atoms with Crippen molar-refractivity contribution in [1.82, 2.24) is 9.78 Å². The molecule has 1 aliphatic carbocycles. The Bertz CT molecular complexity index is 564. The van der Waals surface area contributed by atoms with Crippen molar-refractivity contribution in [3.63, 3.8) is 0 Å². The van der Waals surface area contributed by atoms with Crippen LogP contribution in [0, 0.1) is 5.41 Å². The Morgan fingerprint density at radius 2 is 2.11 bits per heavy atom. The molecule has 1 atom stereocenters. The summed E-state index contributed by atoms with van der Waals surface area (Å²) in [6.07, 6.45) is 3.52. The van der Waals surface area contributed by atoms with Crippen molar-refractivity contribution in [3.8, 4) is 0 Å². The van der Waals surface area contributed by atoms with Gasteiger partial charge in [0, 0.05) is 18.0 Å². The van der Waals surface area contributed by atoms with Crippen LogP contribution in [0.1, 0.15) is 32.4 Å². The van der Waals surface area contributed by atoms with Crippen LogP contribution >= 0.6 is 0 Å². The predicted molar refractivity (Wildman–Crippen MR) is 74.4 cm³/mol. The van der Waals surface area contributed by atoms with E-state index in [1.54, 1.807) is 0 Å². The van der Waals surface area contributed by atoms with Crippen LogP contribution < -0.4 is 5.73 Å².